The predicted octanol–water partition coefficient (Wildman–Crippen LogP) is 8.54. The Bertz CT molecular complexity index is 1170. The molecule has 0 unspecified atom stereocenters. The Morgan fingerprint density at radius 3 is 1.07 bits per heavy atom. The maximum Gasteiger partial charge on any atom is -0.00239 e. The summed E-state index contributed by atoms with van der Waals surface area (Å²) in [6.07, 6.45) is 0. The minimum absolute atomic E-state index is 1.31. The van der Waals surface area contributed by atoms with Gasteiger partial charge in [0.2, 0.25) is 0 Å². The van der Waals surface area contributed by atoms with Gasteiger partial charge in [0, 0.05) is 0 Å². The molecule has 0 aliphatic rings. The lowest BCUT2D eigenvalue weighted by Crippen LogP contribution is -1.97. The highest BCUT2D eigenvalue weighted by Gasteiger charge is 2.18. The molecule has 0 nitrogen and oxygen atoms in total. The van der Waals surface area contributed by atoms with E-state index in [1.54, 1.807) is 0 Å². The van der Waals surface area contributed by atoms with Crippen molar-refractivity contribution in [3.05, 3.63) is 106 Å². The van der Waals surface area contributed by atoms with Crippen molar-refractivity contribution in [2.24, 2.45) is 0 Å². The molecule has 0 saturated heterocycles. The first-order chi connectivity index (χ1) is 14.4. The fourth-order valence-corrected chi connectivity index (χ4v) is 4.40. The molecule has 0 atom stereocenters. The monoisotopic (exact) mass is 390 g/mol. The van der Waals surface area contributed by atoms with Gasteiger partial charge in [-0.2, -0.15) is 0 Å². The van der Waals surface area contributed by atoms with Gasteiger partial charge in [-0.3, -0.25) is 0 Å². The second kappa shape index (κ2) is 7.95. The highest BCUT2D eigenvalue weighted by atomic mass is 14.2. The Morgan fingerprint density at radius 1 is 0.333 bits per heavy atom. The van der Waals surface area contributed by atoms with E-state index >= 15 is 0 Å². The van der Waals surface area contributed by atoms with Gasteiger partial charge in [-0.15, -0.1) is 0 Å². The maximum atomic E-state index is 2.29. The first-order valence-corrected chi connectivity index (χ1v) is 10.7. The summed E-state index contributed by atoms with van der Waals surface area (Å²) in [6, 6.07) is 26.7. The van der Waals surface area contributed by atoms with Crippen LogP contribution in [-0.2, 0) is 0 Å². The molecule has 0 aliphatic carbocycles. The van der Waals surface area contributed by atoms with Crippen LogP contribution in [0.1, 0.15) is 33.4 Å². The molecule has 30 heavy (non-hydrogen) atoms. The molecule has 4 aromatic rings. The molecule has 0 heterocycles. The lowest BCUT2D eigenvalue weighted by molar-refractivity contribution is 1.32. The normalized spacial score (nSPS) is 11.0. The predicted molar refractivity (Wildman–Crippen MR) is 131 cm³/mol. The van der Waals surface area contributed by atoms with Gasteiger partial charge < -0.3 is 0 Å². The third-order valence-corrected chi connectivity index (χ3v) is 6.73. The van der Waals surface area contributed by atoms with Gasteiger partial charge in [0.1, 0.15) is 0 Å². The molecule has 4 rings (SSSR count). The maximum absolute atomic E-state index is 2.29. The van der Waals surface area contributed by atoms with Crippen LogP contribution in [0.5, 0.6) is 0 Å². The van der Waals surface area contributed by atoms with Crippen LogP contribution in [0.4, 0.5) is 0 Å². The van der Waals surface area contributed by atoms with Crippen LogP contribution < -0.4 is 0 Å². The van der Waals surface area contributed by atoms with Crippen LogP contribution in [0.15, 0.2) is 72.8 Å². The minimum atomic E-state index is 1.31. The highest BCUT2D eigenvalue weighted by molar-refractivity contribution is 5.97. The van der Waals surface area contributed by atoms with Gasteiger partial charge in [-0.1, -0.05) is 72.8 Å². The smallest absolute Gasteiger partial charge is 0.00239 e. The van der Waals surface area contributed by atoms with Gasteiger partial charge in [0.25, 0.3) is 0 Å². The van der Waals surface area contributed by atoms with E-state index in [4.69, 9.17) is 0 Å². The van der Waals surface area contributed by atoms with E-state index in [2.05, 4.69) is 114 Å². The number of rotatable bonds is 3. The average Bonchev–Trinajstić information content (AvgIpc) is 2.74. The van der Waals surface area contributed by atoms with E-state index in [0.717, 1.165) is 0 Å². The quantitative estimate of drug-likeness (QED) is 0.329. The van der Waals surface area contributed by atoms with Gasteiger partial charge in [0.15, 0.2) is 0 Å². The Labute approximate surface area is 181 Å². The summed E-state index contributed by atoms with van der Waals surface area (Å²) in [6.45, 7) is 13.3. The molecule has 0 aliphatic heterocycles. The second-order valence-corrected chi connectivity index (χ2v) is 8.47. The van der Waals surface area contributed by atoms with Crippen LogP contribution in [0.25, 0.3) is 33.4 Å². The first kappa shape index (κ1) is 20.2. The Kier molecular flexibility index (Phi) is 5.35. The third-order valence-electron chi connectivity index (χ3n) is 6.73. The zero-order valence-electron chi connectivity index (χ0n) is 18.9. The second-order valence-electron chi connectivity index (χ2n) is 8.47. The summed E-state index contributed by atoms with van der Waals surface area (Å²) in [5.41, 5.74) is 15.9. The largest absolute Gasteiger partial charge is 0.0614 e. The van der Waals surface area contributed by atoms with Crippen molar-refractivity contribution in [1.29, 1.82) is 0 Å². The Hall–Kier alpha value is -3.12. The van der Waals surface area contributed by atoms with Crippen LogP contribution in [0.2, 0.25) is 0 Å². The van der Waals surface area contributed by atoms with Crippen molar-refractivity contribution in [2.45, 2.75) is 41.5 Å². The molecule has 0 amide bonds. The standard InChI is InChI=1S/C30H30/c1-19-11-7-14-25(22(19)4)28-17-10-18-29(26-15-8-12-20(2)23(26)5)30(28)27-16-9-13-21(3)24(27)6/h7-18H,1-6H3. The molecular weight excluding hydrogens is 360 g/mol. The highest BCUT2D eigenvalue weighted by Crippen LogP contribution is 2.43. The average molecular weight is 391 g/mol. The zero-order valence-corrected chi connectivity index (χ0v) is 18.9. The summed E-state index contributed by atoms with van der Waals surface area (Å²) in [5, 5.41) is 0. The van der Waals surface area contributed by atoms with E-state index in [9.17, 15) is 0 Å². The molecule has 150 valence electrons. The van der Waals surface area contributed by atoms with Gasteiger partial charge in [-0.25, -0.2) is 0 Å². The summed E-state index contributed by atoms with van der Waals surface area (Å²) in [5.74, 6) is 0. The third kappa shape index (κ3) is 3.37. The number of aryl methyl sites for hydroxylation is 3. The molecular formula is C30H30. The first-order valence-electron chi connectivity index (χ1n) is 10.7. The Balaban J connectivity index is 2.14. The van der Waals surface area contributed by atoms with Crippen LogP contribution in [0, 0.1) is 41.5 Å². The van der Waals surface area contributed by atoms with E-state index in [-0.39, 0.29) is 0 Å². The molecule has 0 saturated carbocycles. The topological polar surface area (TPSA) is 0 Å². The molecule has 4 aromatic carbocycles. The van der Waals surface area contributed by atoms with Crippen molar-refractivity contribution < 1.29 is 0 Å². The number of benzene rings is 4. The zero-order chi connectivity index (χ0) is 21.4. The van der Waals surface area contributed by atoms with Crippen molar-refractivity contribution in [2.75, 3.05) is 0 Å². The molecule has 0 radical (unpaired) electrons. The summed E-state index contributed by atoms with van der Waals surface area (Å²) < 4.78 is 0. The molecule has 0 fully saturated rings. The number of hydrogen-bond acceptors (Lipinski definition) is 0. The lowest BCUT2D eigenvalue weighted by Gasteiger charge is -2.21. The van der Waals surface area contributed by atoms with Crippen molar-refractivity contribution in [1.82, 2.24) is 0 Å². The SMILES string of the molecule is Cc1cccc(-c2cccc(-c3cccc(C)c3C)c2-c2cccc(C)c2C)c1C. The van der Waals surface area contributed by atoms with Crippen molar-refractivity contribution >= 4 is 0 Å². The van der Waals surface area contributed by atoms with E-state index in [1.165, 1.54) is 66.8 Å². The van der Waals surface area contributed by atoms with Gasteiger partial charge in [0.05, 0.1) is 0 Å². The summed E-state index contributed by atoms with van der Waals surface area (Å²) in [4.78, 5) is 0. The fraction of sp³-hybridized carbons (Fsp3) is 0.200. The Morgan fingerprint density at radius 2 is 0.633 bits per heavy atom. The lowest BCUT2D eigenvalue weighted by atomic mass is 9.82. The van der Waals surface area contributed by atoms with Gasteiger partial charge in [-0.05, 0) is 108 Å². The molecule has 0 spiro atoms. The van der Waals surface area contributed by atoms with E-state index in [1.807, 2.05) is 0 Å². The number of hydrogen-bond donors (Lipinski definition) is 0. The molecule has 0 heteroatoms. The summed E-state index contributed by atoms with van der Waals surface area (Å²) >= 11 is 0. The van der Waals surface area contributed by atoms with Gasteiger partial charge >= 0.3 is 0 Å². The van der Waals surface area contributed by atoms with Crippen LogP contribution in [-0.4, -0.2) is 0 Å². The van der Waals surface area contributed by atoms with E-state index < -0.39 is 0 Å². The molecule has 0 aromatic heterocycles. The fourth-order valence-electron chi connectivity index (χ4n) is 4.40. The van der Waals surface area contributed by atoms with Crippen LogP contribution >= 0.6 is 0 Å². The van der Waals surface area contributed by atoms with Crippen LogP contribution in [0.3, 0.4) is 0 Å². The van der Waals surface area contributed by atoms with Crippen molar-refractivity contribution in [3.8, 4) is 33.4 Å². The minimum Gasteiger partial charge on any atom is -0.0614 e. The summed E-state index contributed by atoms with van der Waals surface area (Å²) in [7, 11) is 0. The molecule has 0 N–H and O–H groups in total. The van der Waals surface area contributed by atoms with E-state index in [0.29, 0.717) is 0 Å². The van der Waals surface area contributed by atoms with Crippen molar-refractivity contribution in [3.63, 3.8) is 0 Å². The molecule has 0 bridgehead atoms.